The highest BCUT2D eigenvalue weighted by Gasteiger charge is 2.28. The van der Waals surface area contributed by atoms with Gasteiger partial charge in [-0.2, -0.15) is 13.2 Å². The van der Waals surface area contributed by atoms with Gasteiger partial charge in [0.15, 0.2) is 0 Å². The molecule has 1 aliphatic rings. The number of hydrogen-bond acceptors (Lipinski definition) is 3. The fourth-order valence-corrected chi connectivity index (χ4v) is 2.43. The van der Waals surface area contributed by atoms with Crippen molar-refractivity contribution in [1.29, 1.82) is 0 Å². The van der Waals surface area contributed by atoms with E-state index in [0.29, 0.717) is 12.5 Å². The monoisotopic (exact) mass is 310 g/mol. The fourth-order valence-electron chi connectivity index (χ4n) is 2.43. The predicted molar refractivity (Wildman–Crippen MR) is 73.9 cm³/mol. The number of amides is 1. The largest absolute Gasteiger partial charge is 0.411 e. The van der Waals surface area contributed by atoms with Crippen molar-refractivity contribution in [1.82, 2.24) is 10.2 Å². The first-order valence-corrected chi connectivity index (χ1v) is 7.44. The Morgan fingerprint density at radius 3 is 2.48 bits per heavy atom. The van der Waals surface area contributed by atoms with Crippen molar-refractivity contribution in [3.05, 3.63) is 0 Å². The lowest BCUT2D eigenvalue weighted by Crippen LogP contribution is -2.43. The number of halogens is 3. The average Bonchev–Trinajstić information content (AvgIpc) is 2.40. The van der Waals surface area contributed by atoms with Crippen molar-refractivity contribution in [3.63, 3.8) is 0 Å². The molecule has 0 aromatic carbocycles. The number of nitrogens with one attached hydrogen (secondary N) is 1. The minimum Gasteiger partial charge on any atom is -0.372 e. The van der Waals surface area contributed by atoms with Gasteiger partial charge in [0.2, 0.25) is 5.91 Å². The van der Waals surface area contributed by atoms with E-state index in [-0.39, 0.29) is 25.0 Å². The SMILES string of the molecule is CC(C)N(CC1CCNCC1)C(=O)CCOCC(F)(F)F. The zero-order valence-electron chi connectivity index (χ0n) is 12.7. The van der Waals surface area contributed by atoms with Crippen LogP contribution >= 0.6 is 0 Å². The number of ether oxygens (including phenoxy) is 1. The van der Waals surface area contributed by atoms with E-state index in [1.807, 2.05) is 13.8 Å². The maximum absolute atomic E-state index is 12.1. The van der Waals surface area contributed by atoms with E-state index in [1.54, 1.807) is 4.90 Å². The summed E-state index contributed by atoms with van der Waals surface area (Å²) >= 11 is 0. The summed E-state index contributed by atoms with van der Waals surface area (Å²) in [5.41, 5.74) is 0. The normalized spacial score (nSPS) is 17.2. The van der Waals surface area contributed by atoms with Gasteiger partial charge < -0.3 is 15.0 Å². The summed E-state index contributed by atoms with van der Waals surface area (Å²) in [6, 6.07) is 0.0509. The second-order valence-electron chi connectivity index (χ2n) is 5.75. The van der Waals surface area contributed by atoms with Crippen LogP contribution in [0.5, 0.6) is 0 Å². The molecule has 1 heterocycles. The first-order valence-electron chi connectivity index (χ1n) is 7.44. The predicted octanol–water partition coefficient (Wildman–Crippen LogP) is 2.19. The lowest BCUT2D eigenvalue weighted by molar-refractivity contribution is -0.175. The van der Waals surface area contributed by atoms with Gasteiger partial charge in [0, 0.05) is 12.6 Å². The number of hydrogen-bond donors (Lipinski definition) is 1. The summed E-state index contributed by atoms with van der Waals surface area (Å²) in [7, 11) is 0. The maximum Gasteiger partial charge on any atom is 0.411 e. The van der Waals surface area contributed by atoms with Crippen LogP contribution in [0.25, 0.3) is 0 Å². The zero-order chi connectivity index (χ0) is 15.9. The molecule has 1 rings (SSSR count). The molecule has 124 valence electrons. The summed E-state index contributed by atoms with van der Waals surface area (Å²) in [4.78, 5) is 13.9. The number of alkyl halides is 3. The van der Waals surface area contributed by atoms with E-state index >= 15 is 0 Å². The molecule has 21 heavy (non-hydrogen) atoms. The second-order valence-corrected chi connectivity index (χ2v) is 5.75. The molecule has 0 radical (unpaired) electrons. The van der Waals surface area contributed by atoms with Crippen LogP contribution in [0.1, 0.15) is 33.1 Å². The van der Waals surface area contributed by atoms with E-state index in [0.717, 1.165) is 25.9 Å². The third-order valence-corrected chi connectivity index (χ3v) is 3.58. The summed E-state index contributed by atoms with van der Waals surface area (Å²) in [6.07, 6.45) is -2.28. The van der Waals surface area contributed by atoms with Crippen molar-refractivity contribution >= 4 is 5.91 Å². The van der Waals surface area contributed by atoms with Crippen LogP contribution in [0, 0.1) is 5.92 Å². The van der Waals surface area contributed by atoms with Crippen LogP contribution in [0.15, 0.2) is 0 Å². The Morgan fingerprint density at radius 1 is 1.33 bits per heavy atom. The molecule has 0 aromatic heterocycles. The molecular formula is C14H25F3N2O2. The maximum atomic E-state index is 12.1. The summed E-state index contributed by atoms with van der Waals surface area (Å²) in [5.74, 6) is 0.333. The standard InChI is InChI=1S/C14H25F3N2O2/c1-11(2)19(9-12-3-6-18-7-4-12)13(20)5-8-21-10-14(15,16)17/h11-12,18H,3-10H2,1-2H3. The first-order chi connectivity index (χ1) is 9.79. The van der Waals surface area contributed by atoms with Gasteiger partial charge in [0.1, 0.15) is 6.61 Å². The minimum atomic E-state index is -4.34. The van der Waals surface area contributed by atoms with Gasteiger partial charge in [0.25, 0.3) is 0 Å². The number of nitrogens with zero attached hydrogens (tertiary/aromatic N) is 1. The van der Waals surface area contributed by atoms with Gasteiger partial charge in [-0.05, 0) is 45.7 Å². The molecular weight excluding hydrogens is 285 g/mol. The smallest absolute Gasteiger partial charge is 0.372 e. The van der Waals surface area contributed by atoms with E-state index in [1.165, 1.54) is 0 Å². The number of rotatable bonds is 7. The Hall–Kier alpha value is -0.820. The second kappa shape index (κ2) is 8.58. The molecule has 4 nitrogen and oxygen atoms in total. The number of piperidine rings is 1. The van der Waals surface area contributed by atoms with Gasteiger partial charge in [0.05, 0.1) is 13.0 Å². The Bertz CT molecular complexity index is 316. The fraction of sp³-hybridized carbons (Fsp3) is 0.929. The topological polar surface area (TPSA) is 41.6 Å². The highest BCUT2D eigenvalue weighted by atomic mass is 19.4. The molecule has 0 aliphatic carbocycles. The molecule has 1 amide bonds. The zero-order valence-corrected chi connectivity index (χ0v) is 12.7. The molecule has 0 spiro atoms. The van der Waals surface area contributed by atoms with Crippen LogP contribution in [0.3, 0.4) is 0 Å². The Labute approximate surface area is 124 Å². The van der Waals surface area contributed by atoms with Crippen LogP contribution in [-0.4, -0.2) is 55.9 Å². The average molecular weight is 310 g/mol. The van der Waals surface area contributed by atoms with E-state index in [4.69, 9.17) is 0 Å². The van der Waals surface area contributed by atoms with E-state index in [2.05, 4.69) is 10.1 Å². The summed E-state index contributed by atoms with van der Waals surface area (Å²) in [5, 5.41) is 3.27. The van der Waals surface area contributed by atoms with Crippen LogP contribution in [0.2, 0.25) is 0 Å². The van der Waals surface area contributed by atoms with Crippen molar-refractivity contribution in [3.8, 4) is 0 Å². The van der Waals surface area contributed by atoms with Crippen molar-refractivity contribution in [2.45, 2.75) is 45.3 Å². The van der Waals surface area contributed by atoms with Gasteiger partial charge in [-0.1, -0.05) is 0 Å². The number of carbonyl (C=O) groups is 1. The molecule has 0 aromatic rings. The third kappa shape index (κ3) is 7.66. The quantitative estimate of drug-likeness (QED) is 0.733. The molecule has 0 bridgehead atoms. The lowest BCUT2D eigenvalue weighted by atomic mass is 9.97. The molecule has 0 unspecified atom stereocenters. The van der Waals surface area contributed by atoms with Gasteiger partial charge in [-0.25, -0.2) is 0 Å². The van der Waals surface area contributed by atoms with Crippen molar-refractivity contribution in [2.75, 3.05) is 32.8 Å². The van der Waals surface area contributed by atoms with Crippen LogP contribution in [-0.2, 0) is 9.53 Å². The van der Waals surface area contributed by atoms with E-state index < -0.39 is 12.8 Å². The van der Waals surface area contributed by atoms with Crippen molar-refractivity contribution < 1.29 is 22.7 Å². The molecule has 0 saturated carbocycles. The van der Waals surface area contributed by atoms with Crippen molar-refractivity contribution in [2.24, 2.45) is 5.92 Å². The highest BCUT2D eigenvalue weighted by Crippen LogP contribution is 2.17. The molecule has 1 N–H and O–H groups in total. The Morgan fingerprint density at radius 2 is 1.95 bits per heavy atom. The van der Waals surface area contributed by atoms with Gasteiger partial charge >= 0.3 is 6.18 Å². The molecule has 7 heteroatoms. The molecule has 1 saturated heterocycles. The molecule has 1 fully saturated rings. The summed E-state index contributed by atoms with van der Waals surface area (Å²) < 4.78 is 40.4. The van der Waals surface area contributed by atoms with E-state index in [9.17, 15) is 18.0 Å². The summed E-state index contributed by atoms with van der Waals surface area (Å²) in [6.45, 7) is 4.96. The molecule has 0 atom stereocenters. The highest BCUT2D eigenvalue weighted by molar-refractivity contribution is 5.76. The lowest BCUT2D eigenvalue weighted by Gasteiger charge is -2.33. The van der Waals surface area contributed by atoms with Crippen LogP contribution < -0.4 is 5.32 Å². The first kappa shape index (κ1) is 18.2. The number of carbonyl (C=O) groups excluding carboxylic acids is 1. The Kier molecular flexibility index (Phi) is 7.45. The Balaban J connectivity index is 2.35. The minimum absolute atomic E-state index is 0.000764. The van der Waals surface area contributed by atoms with Crippen LogP contribution in [0.4, 0.5) is 13.2 Å². The molecule has 1 aliphatic heterocycles. The third-order valence-electron chi connectivity index (χ3n) is 3.58. The van der Waals surface area contributed by atoms with Gasteiger partial charge in [-0.15, -0.1) is 0 Å². The van der Waals surface area contributed by atoms with Gasteiger partial charge in [-0.3, -0.25) is 4.79 Å².